The molecule has 4 rings (SSSR count). The molecule has 2 aromatic heterocycles. The molecule has 3 aromatic rings. The predicted octanol–water partition coefficient (Wildman–Crippen LogP) is 4.61. The molecule has 1 amide bonds. The number of carbonyl (C=O) groups is 1. The number of nitrogens with one attached hydrogen (secondary N) is 2. The van der Waals surface area contributed by atoms with Crippen molar-refractivity contribution in [2.24, 2.45) is 0 Å². The van der Waals surface area contributed by atoms with Crippen LogP contribution in [-0.4, -0.2) is 22.1 Å². The number of carbonyl (C=O) groups excluding carboxylic acids is 1. The molecule has 0 saturated heterocycles. The van der Waals surface area contributed by atoms with E-state index in [0.29, 0.717) is 16.4 Å². The van der Waals surface area contributed by atoms with Crippen molar-refractivity contribution < 1.29 is 9.53 Å². The van der Waals surface area contributed by atoms with E-state index in [0.717, 1.165) is 22.2 Å². The smallest absolute Gasteiger partial charge is 0.414 e. The van der Waals surface area contributed by atoms with Crippen molar-refractivity contribution >= 4 is 40.1 Å². The zero-order chi connectivity index (χ0) is 20.7. The Labute approximate surface area is 172 Å². The second kappa shape index (κ2) is 7.40. The first-order valence-electron chi connectivity index (χ1n) is 9.37. The Morgan fingerprint density at radius 3 is 2.76 bits per heavy atom. The number of anilines is 2. The molecular weight excluding hydrogens is 392 g/mol. The van der Waals surface area contributed by atoms with Gasteiger partial charge < -0.3 is 15.0 Å². The second-order valence-corrected chi connectivity index (χ2v) is 7.80. The van der Waals surface area contributed by atoms with Crippen LogP contribution in [0.15, 0.2) is 41.3 Å². The maximum Gasteiger partial charge on any atom is 0.414 e. The fourth-order valence-electron chi connectivity index (χ4n) is 3.50. The highest BCUT2D eigenvalue weighted by Crippen LogP contribution is 2.31. The van der Waals surface area contributed by atoms with Gasteiger partial charge in [-0.15, -0.1) is 0 Å². The maximum atomic E-state index is 12.5. The van der Waals surface area contributed by atoms with Crippen LogP contribution in [0.5, 0.6) is 0 Å². The minimum absolute atomic E-state index is 0.0534. The monoisotopic (exact) mass is 412 g/mol. The highest BCUT2D eigenvalue weighted by atomic mass is 35.5. The lowest BCUT2D eigenvalue weighted by atomic mass is 10.1. The molecule has 1 atom stereocenters. The van der Waals surface area contributed by atoms with E-state index in [4.69, 9.17) is 16.3 Å². The number of halogens is 1. The Bertz CT molecular complexity index is 1160. The molecule has 2 N–H and O–H groups in total. The molecule has 0 aliphatic carbocycles. The Morgan fingerprint density at radius 1 is 1.21 bits per heavy atom. The van der Waals surface area contributed by atoms with Gasteiger partial charge in [0.25, 0.3) is 5.56 Å². The van der Waals surface area contributed by atoms with Crippen LogP contribution >= 0.6 is 11.6 Å². The van der Waals surface area contributed by atoms with Gasteiger partial charge in [0.15, 0.2) is 0 Å². The lowest BCUT2D eigenvalue weighted by molar-refractivity contribution is 0.139. The third-order valence-electron chi connectivity index (χ3n) is 4.95. The first kappa shape index (κ1) is 19.3. The van der Waals surface area contributed by atoms with Gasteiger partial charge in [-0.3, -0.25) is 9.69 Å². The van der Waals surface area contributed by atoms with Gasteiger partial charge in [0.1, 0.15) is 12.4 Å². The summed E-state index contributed by atoms with van der Waals surface area (Å²) in [5.74, 6) is 0.571. The largest absolute Gasteiger partial charge is 0.444 e. The summed E-state index contributed by atoms with van der Waals surface area (Å²) < 4.78 is 5.21. The van der Waals surface area contributed by atoms with Crippen LogP contribution in [0.2, 0.25) is 5.02 Å². The van der Waals surface area contributed by atoms with Crippen molar-refractivity contribution in [3.8, 4) is 0 Å². The van der Waals surface area contributed by atoms with E-state index in [1.807, 2.05) is 39.0 Å². The summed E-state index contributed by atoms with van der Waals surface area (Å²) in [6.45, 7) is 5.93. The number of ether oxygens (including phenoxy) is 1. The third-order valence-corrected chi connectivity index (χ3v) is 5.19. The fourth-order valence-corrected chi connectivity index (χ4v) is 3.68. The summed E-state index contributed by atoms with van der Waals surface area (Å²) in [6.07, 6.45) is 1.32. The fraction of sp³-hybridized carbons (Fsp3) is 0.286. The molecule has 150 valence electrons. The van der Waals surface area contributed by atoms with E-state index in [1.165, 1.54) is 0 Å². The number of fused-ring (bicyclic) bond motifs is 2. The van der Waals surface area contributed by atoms with Gasteiger partial charge in [-0.1, -0.05) is 11.6 Å². The zero-order valence-corrected chi connectivity index (χ0v) is 17.1. The topological polar surface area (TPSA) is 87.3 Å². The van der Waals surface area contributed by atoms with Crippen molar-refractivity contribution in [3.05, 3.63) is 63.0 Å². The van der Waals surface area contributed by atoms with Crippen LogP contribution in [0.25, 0.3) is 10.9 Å². The van der Waals surface area contributed by atoms with Gasteiger partial charge in [-0.2, -0.15) is 0 Å². The Kier molecular flexibility index (Phi) is 4.92. The molecule has 0 fully saturated rings. The Balaban J connectivity index is 1.66. The normalized spacial score (nSPS) is 14.7. The molecule has 0 bridgehead atoms. The molecule has 0 spiro atoms. The number of amides is 1. The third kappa shape index (κ3) is 3.65. The van der Waals surface area contributed by atoms with Gasteiger partial charge in [-0.25, -0.2) is 9.78 Å². The number of hydrogen-bond donors (Lipinski definition) is 2. The minimum atomic E-state index is -0.374. The van der Waals surface area contributed by atoms with Crippen LogP contribution in [0.4, 0.5) is 16.3 Å². The van der Waals surface area contributed by atoms with Crippen LogP contribution in [0.1, 0.15) is 37.9 Å². The van der Waals surface area contributed by atoms with Gasteiger partial charge in [0.05, 0.1) is 11.7 Å². The van der Waals surface area contributed by atoms with E-state index >= 15 is 0 Å². The molecular formula is C21H21ClN4O3. The summed E-state index contributed by atoms with van der Waals surface area (Å²) in [5, 5.41) is 4.72. The van der Waals surface area contributed by atoms with Crippen molar-refractivity contribution in [1.82, 2.24) is 9.97 Å². The van der Waals surface area contributed by atoms with Crippen molar-refractivity contribution in [3.63, 3.8) is 0 Å². The van der Waals surface area contributed by atoms with Gasteiger partial charge >= 0.3 is 6.09 Å². The number of benzene rings is 1. The summed E-state index contributed by atoms with van der Waals surface area (Å²) in [7, 11) is 0. The zero-order valence-electron chi connectivity index (χ0n) is 16.3. The average molecular weight is 413 g/mol. The van der Waals surface area contributed by atoms with E-state index < -0.39 is 0 Å². The quantitative estimate of drug-likeness (QED) is 0.653. The van der Waals surface area contributed by atoms with Gasteiger partial charge in [0.2, 0.25) is 0 Å². The lowest BCUT2D eigenvalue weighted by Gasteiger charge is -2.32. The second-order valence-electron chi connectivity index (χ2n) is 7.37. The van der Waals surface area contributed by atoms with E-state index in [-0.39, 0.29) is 30.3 Å². The number of pyridine rings is 2. The molecule has 1 aromatic carbocycles. The highest BCUT2D eigenvalue weighted by molar-refractivity contribution is 6.31. The van der Waals surface area contributed by atoms with Gasteiger partial charge in [0, 0.05) is 45.4 Å². The number of aromatic nitrogens is 2. The number of cyclic esters (lactones) is 1. The van der Waals surface area contributed by atoms with E-state index in [1.54, 1.807) is 23.2 Å². The number of rotatable bonds is 4. The SMILES string of the molecule is CC(C)N1C(=O)OCc2cnc(N[C@@H](C)c3cc4cc(Cl)ccc4[nH]c3=O)cc21. The lowest BCUT2D eigenvalue weighted by Crippen LogP contribution is -2.40. The van der Waals surface area contributed by atoms with Crippen molar-refractivity contribution in [2.45, 2.75) is 39.5 Å². The number of H-pyrrole nitrogens is 1. The average Bonchev–Trinajstić information content (AvgIpc) is 2.67. The maximum absolute atomic E-state index is 12.5. The highest BCUT2D eigenvalue weighted by Gasteiger charge is 2.28. The first-order chi connectivity index (χ1) is 13.8. The van der Waals surface area contributed by atoms with Crippen molar-refractivity contribution in [1.29, 1.82) is 0 Å². The van der Waals surface area contributed by atoms with Crippen LogP contribution < -0.4 is 15.8 Å². The molecule has 7 nitrogen and oxygen atoms in total. The summed E-state index contributed by atoms with van der Waals surface area (Å²) in [4.78, 5) is 33.6. The number of nitrogens with zero attached hydrogens (tertiary/aromatic N) is 2. The van der Waals surface area contributed by atoms with Crippen molar-refractivity contribution in [2.75, 3.05) is 10.2 Å². The Morgan fingerprint density at radius 2 is 2.00 bits per heavy atom. The molecule has 3 heterocycles. The van der Waals surface area contributed by atoms with Crippen LogP contribution in [0.3, 0.4) is 0 Å². The van der Waals surface area contributed by atoms with Gasteiger partial charge in [-0.05, 0) is 45.0 Å². The molecule has 1 aliphatic rings. The molecule has 0 radical (unpaired) electrons. The molecule has 0 unspecified atom stereocenters. The predicted molar refractivity (Wildman–Crippen MR) is 114 cm³/mol. The Hall–Kier alpha value is -3.06. The molecule has 29 heavy (non-hydrogen) atoms. The number of aromatic amines is 1. The van der Waals surface area contributed by atoms with Crippen LogP contribution in [0, 0.1) is 0 Å². The van der Waals surface area contributed by atoms with E-state index in [2.05, 4.69) is 15.3 Å². The van der Waals surface area contributed by atoms with Crippen LogP contribution in [-0.2, 0) is 11.3 Å². The first-order valence-corrected chi connectivity index (χ1v) is 9.75. The molecule has 1 aliphatic heterocycles. The summed E-state index contributed by atoms with van der Waals surface area (Å²) in [6, 6.07) is 8.62. The summed E-state index contributed by atoms with van der Waals surface area (Å²) in [5.41, 5.74) is 2.73. The standard InChI is InChI=1S/C21H21ClN4O3/c1-11(2)26-18-8-19(23-9-14(18)10-29-21(26)28)24-12(3)16-7-13-6-15(22)4-5-17(13)25-20(16)27/h4-9,11-12H,10H2,1-3H3,(H,23,24)(H,25,27)/t12-/m0/s1. The minimum Gasteiger partial charge on any atom is -0.444 e. The number of hydrogen-bond acceptors (Lipinski definition) is 5. The summed E-state index contributed by atoms with van der Waals surface area (Å²) >= 11 is 6.08. The molecule has 8 heteroatoms. The molecule has 0 saturated carbocycles. The van der Waals surface area contributed by atoms with E-state index in [9.17, 15) is 9.59 Å².